The van der Waals surface area contributed by atoms with Gasteiger partial charge in [-0.25, -0.2) is 13.8 Å². The summed E-state index contributed by atoms with van der Waals surface area (Å²) in [4.78, 5) is 26.1. The van der Waals surface area contributed by atoms with E-state index in [2.05, 4.69) is 10.3 Å². The number of amides is 1. The van der Waals surface area contributed by atoms with E-state index in [0.29, 0.717) is 0 Å². The number of carbonyl (C=O) groups excluding carboxylic acids is 1. The van der Waals surface area contributed by atoms with Gasteiger partial charge in [0.2, 0.25) is 0 Å². The van der Waals surface area contributed by atoms with E-state index >= 15 is 0 Å². The third-order valence-electron chi connectivity index (χ3n) is 2.29. The monoisotopic (exact) mass is 298 g/mol. The number of nitrogens with one attached hydrogen (secondary N) is 1. The lowest BCUT2D eigenvalue weighted by Gasteiger charge is -2.04. The molecule has 20 heavy (non-hydrogen) atoms. The number of benzene rings is 1. The fraction of sp³-hybridized carbons (Fsp3) is 0.0833. The summed E-state index contributed by atoms with van der Waals surface area (Å²) in [6.45, 7) is 0. The highest BCUT2D eigenvalue weighted by Gasteiger charge is 2.18. The maximum atomic E-state index is 13.4. The SMILES string of the molecule is O=C(O)Cc1csc(NC(=O)c2c(F)cccc2F)n1. The Hall–Kier alpha value is -2.35. The predicted molar refractivity (Wildman–Crippen MR) is 67.8 cm³/mol. The number of carboxylic acids is 1. The Bertz CT molecular complexity index is 652. The van der Waals surface area contributed by atoms with Gasteiger partial charge in [-0.15, -0.1) is 11.3 Å². The van der Waals surface area contributed by atoms with Gasteiger partial charge >= 0.3 is 5.97 Å². The number of hydrogen-bond acceptors (Lipinski definition) is 4. The molecule has 104 valence electrons. The summed E-state index contributed by atoms with van der Waals surface area (Å²) >= 11 is 0.975. The molecule has 0 bridgehead atoms. The first kappa shape index (κ1) is 14.1. The number of anilines is 1. The van der Waals surface area contributed by atoms with Crippen molar-refractivity contribution in [1.82, 2.24) is 4.98 Å². The van der Waals surface area contributed by atoms with Crippen LogP contribution in [0.25, 0.3) is 0 Å². The van der Waals surface area contributed by atoms with Crippen LogP contribution in [0.3, 0.4) is 0 Å². The Morgan fingerprint density at radius 2 is 1.95 bits per heavy atom. The standard InChI is InChI=1S/C12H8F2N2O3S/c13-7-2-1-3-8(14)10(7)11(19)16-12-15-6(5-20-12)4-9(17)18/h1-3,5H,4H2,(H,17,18)(H,15,16,19). The van der Waals surface area contributed by atoms with Crippen molar-refractivity contribution in [2.24, 2.45) is 0 Å². The van der Waals surface area contributed by atoms with Gasteiger partial charge < -0.3 is 5.11 Å². The number of rotatable bonds is 4. The van der Waals surface area contributed by atoms with Crippen LogP contribution in [-0.2, 0) is 11.2 Å². The van der Waals surface area contributed by atoms with Gasteiger partial charge in [0.05, 0.1) is 12.1 Å². The van der Waals surface area contributed by atoms with E-state index < -0.39 is 29.1 Å². The average Bonchev–Trinajstić information content (AvgIpc) is 2.75. The van der Waals surface area contributed by atoms with Crippen molar-refractivity contribution >= 4 is 28.3 Å². The van der Waals surface area contributed by atoms with Crippen LogP contribution < -0.4 is 5.32 Å². The minimum atomic E-state index is -1.06. The molecule has 0 spiro atoms. The molecule has 1 amide bonds. The molecule has 0 saturated carbocycles. The fourth-order valence-electron chi connectivity index (χ4n) is 1.47. The summed E-state index contributed by atoms with van der Waals surface area (Å²) in [6, 6.07) is 3.08. The fourth-order valence-corrected chi connectivity index (χ4v) is 2.18. The number of carboxylic acid groups (broad SMARTS) is 1. The Balaban J connectivity index is 2.16. The third-order valence-corrected chi connectivity index (χ3v) is 3.10. The van der Waals surface area contributed by atoms with Crippen molar-refractivity contribution in [3.8, 4) is 0 Å². The van der Waals surface area contributed by atoms with Crippen LogP contribution in [0.15, 0.2) is 23.6 Å². The summed E-state index contributed by atoms with van der Waals surface area (Å²) in [5.74, 6) is -4.00. The van der Waals surface area contributed by atoms with E-state index in [1.165, 1.54) is 5.38 Å². The minimum absolute atomic E-state index is 0.0777. The van der Waals surface area contributed by atoms with E-state index in [1.54, 1.807) is 0 Å². The highest BCUT2D eigenvalue weighted by Crippen LogP contribution is 2.19. The molecule has 0 aliphatic carbocycles. The first-order valence-corrected chi connectivity index (χ1v) is 6.27. The smallest absolute Gasteiger partial charge is 0.309 e. The molecule has 1 aromatic carbocycles. The molecular formula is C12H8F2N2O3S. The Kier molecular flexibility index (Phi) is 4.04. The predicted octanol–water partition coefficient (Wildman–Crippen LogP) is 2.30. The molecule has 0 atom stereocenters. The van der Waals surface area contributed by atoms with Gasteiger partial charge in [-0.1, -0.05) is 6.07 Å². The van der Waals surface area contributed by atoms with E-state index in [9.17, 15) is 18.4 Å². The van der Waals surface area contributed by atoms with Gasteiger partial charge in [0.25, 0.3) is 5.91 Å². The Labute approximate surface area is 115 Å². The molecular weight excluding hydrogens is 290 g/mol. The number of thiazole rings is 1. The van der Waals surface area contributed by atoms with Crippen molar-refractivity contribution in [3.05, 3.63) is 46.5 Å². The second-order valence-electron chi connectivity index (χ2n) is 3.77. The van der Waals surface area contributed by atoms with Gasteiger partial charge in [0, 0.05) is 5.38 Å². The zero-order chi connectivity index (χ0) is 14.7. The molecule has 0 aliphatic rings. The average molecular weight is 298 g/mol. The largest absolute Gasteiger partial charge is 0.481 e. The van der Waals surface area contributed by atoms with E-state index in [4.69, 9.17) is 5.11 Å². The number of halogens is 2. The first-order valence-electron chi connectivity index (χ1n) is 5.39. The summed E-state index contributed by atoms with van der Waals surface area (Å²) in [5, 5.41) is 12.3. The third kappa shape index (κ3) is 3.15. The van der Waals surface area contributed by atoms with Crippen molar-refractivity contribution in [2.45, 2.75) is 6.42 Å². The van der Waals surface area contributed by atoms with Crippen LogP contribution in [-0.4, -0.2) is 22.0 Å². The lowest BCUT2D eigenvalue weighted by Crippen LogP contribution is -2.15. The highest BCUT2D eigenvalue weighted by atomic mass is 32.1. The molecule has 0 unspecified atom stereocenters. The molecule has 5 nitrogen and oxygen atoms in total. The van der Waals surface area contributed by atoms with Crippen LogP contribution in [0.5, 0.6) is 0 Å². The summed E-state index contributed by atoms with van der Waals surface area (Å²) < 4.78 is 26.8. The lowest BCUT2D eigenvalue weighted by molar-refractivity contribution is -0.136. The minimum Gasteiger partial charge on any atom is -0.481 e. The normalized spacial score (nSPS) is 10.3. The van der Waals surface area contributed by atoms with Crippen molar-refractivity contribution in [3.63, 3.8) is 0 Å². The van der Waals surface area contributed by atoms with Crippen LogP contribution >= 0.6 is 11.3 Å². The molecule has 8 heteroatoms. The van der Waals surface area contributed by atoms with Gasteiger partial charge in [-0.2, -0.15) is 0 Å². The maximum absolute atomic E-state index is 13.4. The molecule has 2 rings (SSSR count). The number of hydrogen-bond donors (Lipinski definition) is 2. The Morgan fingerprint density at radius 1 is 1.30 bits per heavy atom. The number of nitrogens with zero attached hydrogens (tertiary/aromatic N) is 1. The van der Waals surface area contributed by atoms with Crippen LogP contribution in [0, 0.1) is 11.6 Å². The van der Waals surface area contributed by atoms with Crippen molar-refractivity contribution in [1.29, 1.82) is 0 Å². The molecule has 0 fully saturated rings. The summed E-state index contributed by atoms with van der Waals surface area (Å²) in [7, 11) is 0. The van der Waals surface area contributed by atoms with Crippen LogP contribution in [0.2, 0.25) is 0 Å². The Morgan fingerprint density at radius 3 is 2.55 bits per heavy atom. The van der Waals surface area contributed by atoms with Crippen molar-refractivity contribution < 1.29 is 23.5 Å². The topological polar surface area (TPSA) is 79.3 Å². The van der Waals surface area contributed by atoms with Gasteiger partial charge in [0.15, 0.2) is 5.13 Å². The van der Waals surface area contributed by atoms with Gasteiger partial charge in [-0.3, -0.25) is 14.9 Å². The lowest BCUT2D eigenvalue weighted by atomic mass is 10.2. The zero-order valence-electron chi connectivity index (χ0n) is 9.89. The number of carbonyl (C=O) groups is 2. The van der Waals surface area contributed by atoms with E-state index in [0.717, 1.165) is 29.5 Å². The second-order valence-corrected chi connectivity index (χ2v) is 4.62. The molecule has 0 aliphatic heterocycles. The molecule has 0 radical (unpaired) electrons. The van der Waals surface area contributed by atoms with Crippen LogP contribution in [0.4, 0.5) is 13.9 Å². The van der Waals surface area contributed by atoms with Gasteiger partial charge in [0.1, 0.15) is 17.2 Å². The zero-order valence-corrected chi connectivity index (χ0v) is 10.7. The van der Waals surface area contributed by atoms with Crippen LogP contribution in [0.1, 0.15) is 16.1 Å². The molecule has 0 saturated heterocycles. The second kappa shape index (κ2) is 5.74. The highest BCUT2D eigenvalue weighted by molar-refractivity contribution is 7.14. The number of aliphatic carboxylic acids is 1. The number of aromatic nitrogens is 1. The van der Waals surface area contributed by atoms with Crippen molar-refractivity contribution in [2.75, 3.05) is 5.32 Å². The van der Waals surface area contributed by atoms with E-state index in [-0.39, 0.29) is 17.2 Å². The summed E-state index contributed by atoms with van der Waals surface area (Å²) in [5.41, 5.74) is -0.450. The molecule has 1 heterocycles. The van der Waals surface area contributed by atoms with Gasteiger partial charge in [-0.05, 0) is 12.1 Å². The maximum Gasteiger partial charge on any atom is 0.309 e. The molecule has 2 N–H and O–H groups in total. The quantitative estimate of drug-likeness (QED) is 0.907. The van der Waals surface area contributed by atoms with E-state index in [1.807, 2.05) is 0 Å². The first-order chi connectivity index (χ1) is 9.47. The molecule has 2 aromatic rings. The molecule has 1 aromatic heterocycles. The summed E-state index contributed by atoms with van der Waals surface area (Å²) in [6.07, 6.45) is -0.291.